The normalized spacial score (nSPS) is 11.5. The summed E-state index contributed by atoms with van der Waals surface area (Å²) in [5, 5.41) is 3.53. The van der Waals surface area contributed by atoms with Crippen molar-refractivity contribution in [2.75, 3.05) is 4.90 Å². The summed E-state index contributed by atoms with van der Waals surface area (Å²) in [5.41, 5.74) is 1.86. The summed E-state index contributed by atoms with van der Waals surface area (Å²) in [6.07, 6.45) is -0.499. The van der Waals surface area contributed by atoms with E-state index in [-0.39, 0.29) is 6.03 Å². The highest BCUT2D eigenvalue weighted by molar-refractivity contribution is 6.30. The second-order valence-electron chi connectivity index (χ2n) is 6.07. The minimum absolute atomic E-state index is 0.230. The molecule has 0 radical (unpaired) electrons. The fraction of sp³-hybridized carbons (Fsp3) is 0.136. The number of benzene rings is 3. The molecule has 1 N–H and O–H groups in total. The number of anilines is 1. The van der Waals surface area contributed by atoms with Crippen LogP contribution in [0.25, 0.3) is 0 Å². The zero-order valence-corrected chi connectivity index (χ0v) is 15.8. The maximum atomic E-state index is 12.9. The van der Waals surface area contributed by atoms with E-state index in [9.17, 15) is 4.79 Å². The third kappa shape index (κ3) is 5.50. The van der Waals surface area contributed by atoms with Crippen LogP contribution in [0.1, 0.15) is 12.5 Å². The largest absolute Gasteiger partial charge is 0.471 e. The van der Waals surface area contributed by atoms with Gasteiger partial charge in [0.05, 0.1) is 6.54 Å². The second kappa shape index (κ2) is 9.10. The molecule has 3 rings (SSSR count). The Morgan fingerprint density at radius 2 is 1.56 bits per heavy atom. The van der Waals surface area contributed by atoms with Gasteiger partial charge in [0.25, 0.3) is 0 Å². The van der Waals surface area contributed by atoms with Gasteiger partial charge in [-0.2, -0.15) is 0 Å². The number of carbonyl (C=O) groups excluding carboxylic acids is 1. The van der Waals surface area contributed by atoms with E-state index in [1.165, 1.54) is 0 Å². The van der Waals surface area contributed by atoms with E-state index in [0.717, 1.165) is 11.3 Å². The van der Waals surface area contributed by atoms with Gasteiger partial charge in [0.1, 0.15) is 5.75 Å². The summed E-state index contributed by atoms with van der Waals surface area (Å²) in [4.78, 5) is 14.6. The lowest BCUT2D eigenvalue weighted by molar-refractivity contribution is 0.180. The van der Waals surface area contributed by atoms with Crippen LogP contribution in [0.5, 0.6) is 5.75 Å². The molecule has 0 aliphatic heterocycles. The first kappa shape index (κ1) is 18.8. The highest BCUT2D eigenvalue weighted by atomic mass is 35.5. The van der Waals surface area contributed by atoms with Crippen molar-refractivity contribution in [2.45, 2.75) is 19.7 Å². The summed E-state index contributed by atoms with van der Waals surface area (Å²) in [6.45, 7) is 2.25. The Morgan fingerprint density at radius 1 is 0.963 bits per heavy atom. The molecule has 0 fully saturated rings. The van der Waals surface area contributed by atoms with Crippen molar-refractivity contribution >= 4 is 23.3 Å². The lowest BCUT2D eigenvalue weighted by atomic mass is 10.2. The zero-order valence-electron chi connectivity index (χ0n) is 15.0. The maximum Gasteiger partial charge on any atom is 0.325 e. The summed E-state index contributed by atoms with van der Waals surface area (Å²) >= 11 is 5.89. The van der Waals surface area contributed by atoms with E-state index in [0.29, 0.717) is 17.3 Å². The van der Waals surface area contributed by atoms with Gasteiger partial charge in [0.15, 0.2) is 6.23 Å². The number of nitrogens with zero attached hydrogens (tertiary/aromatic N) is 1. The number of nitrogens with one attached hydrogen (secondary N) is 1. The van der Waals surface area contributed by atoms with Crippen LogP contribution in [0.15, 0.2) is 84.9 Å². The molecular formula is C22H21ClN2O2. The van der Waals surface area contributed by atoms with Crippen LogP contribution in [0.3, 0.4) is 0 Å². The SMILES string of the molecule is CC(NC(=O)N(Cc1ccccc1)c1ccccc1)Oc1ccc(Cl)cc1. The molecular weight excluding hydrogens is 360 g/mol. The Kier molecular flexibility index (Phi) is 6.34. The van der Waals surface area contributed by atoms with Crippen molar-refractivity contribution in [2.24, 2.45) is 0 Å². The first-order valence-corrected chi connectivity index (χ1v) is 9.09. The van der Waals surface area contributed by atoms with Gasteiger partial charge in [-0.3, -0.25) is 4.90 Å². The van der Waals surface area contributed by atoms with Crippen LogP contribution in [-0.4, -0.2) is 12.3 Å². The molecule has 3 aromatic rings. The number of halogens is 1. The first-order chi connectivity index (χ1) is 13.1. The summed E-state index contributed by atoms with van der Waals surface area (Å²) in [7, 11) is 0. The monoisotopic (exact) mass is 380 g/mol. The molecule has 0 spiro atoms. The van der Waals surface area contributed by atoms with Crippen molar-refractivity contribution < 1.29 is 9.53 Å². The Balaban J connectivity index is 1.71. The Hall–Kier alpha value is -2.98. The Bertz CT molecular complexity index is 855. The predicted octanol–water partition coefficient (Wildman–Crippen LogP) is 5.48. The van der Waals surface area contributed by atoms with Crippen LogP contribution < -0.4 is 15.0 Å². The molecule has 0 heterocycles. The number of hydrogen-bond acceptors (Lipinski definition) is 2. The van der Waals surface area contributed by atoms with Gasteiger partial charge in [-0.1, -0.05) is 60.1 Å². The predicted molar refractivity (Wildman–Crippen MR) is 109 cm³/mol. The molecule has 138 valence electrons. The molecule has 0 aliphatic rings. The van der Waals surface area contributed by atoms with Gasteiger partial charge in [-0.15, -0.1) is 0 Å². The molecule has 27 heavy (non-hydrogen) atoms. The van der Waals surface area contributed by atoms with E-state index >= 15 is 0 Å². The number of amides is 2. The van der Waals surface area contributed by atoms with Gasteiger partial charge in [0.2, 0.25) is 0 Å². The lowest BCUT2D eigenvalue weighted by Gasteiger charge is -2.26. The van der Waals surface area contributed by atoms with Crippen molar-refractivity contribution in [3.63, 3.8) is 0 Å². The van der Waals surface area contributed by atoms with Crippen LogP contribution in [-0.2, 0) is 6.54 Å². The topological polar surface area (TPSA) is 41.6 Å². The molecule has 5 heteroatoms. The van der Waals surface area contributed by atoms with E-state index in [4.69, 9.17) is 16.3 Å². The quantitative estimate of drug-likeness (QED) is 0.575. The smallest absolute Gasteiger partial charge is 0.325 e. The number of carbonyl (C=O) groups is 1. The van der Waals surface area contributed by atoms with Crippen LogP contribution >= 0.6 is 11.6 Å². The average molecular weight is 381 g/mol. The fourth-order valence-electron chi connectivity index (χ4n) is 2.65. The molecule has 1 atom stereocenters. The van der Waals surface area contributed by atoms with Gasteiger partial charge < -0.3 is 10.1 Å². The van der Waals surface area contributed by atoms with E-state index in [1.807, 2.05) is 60.7 Å². The highest BCUT2D eigenvalue weighted by Crippen LogP contribution is 2.19. The van der Waals surface area contributed by atoms with Gasteiger partial charge in [-0.25, -0.2) is 4.79 Å². The Labute approximate surface area is 164 Å². The van der Waals surface area contributed by atoms with E-state index in [1.54, 1.807) is 36.1 Å². The second-order valence-corrected chi connectivity index (χ2v) is 6.51. The van der Waals surface area contributed by atoms with Crippen LogP contribution in [0.4, 0.5) is 10.5 Å². The number of ether oxygens (including phenoxy) is 1. The molecule has 2 amide bonds. The Morgan fingerprint density at radius 3 is 2.19 bits per heavy atom. The van der Waals surface area contributed by atoms with Gasteiger partial charge >= 0.3 is 6.03 Å². The summed E-state index contributed by atoms with van der Waals surface area (Å²) < 4.78 is 5.76. The summed E-state index contributed by atoms with van der Waals surface area (Å²) in [6, 6.07) is 26.2. The number of hydrogen-bond donors (Lipinski definition) is 1. The molecule has 0 saturated carbocycles. The van der Waals surface area contributed by atoms with E-state index < -0.39 is 6.23 Å². The van der Waals surface area contributed by atoms with Crippen molar-refractivity contribution in [1.29, 1.82) is 0 Å². The third-order valence-corrected chi connectivity index (χ3v) is 4.20. The minimum Gasteiger partial charge on any atom is -0.471 e. The van der Waals surface area contributed by atoms with Gasteiger partial charge in [0, 0.05) is 10.7 Å². The van der Waals surface area contributed by atoms with Crippen molar-refractivity contribution in [3.8, 4) is 5.75 Å². The fourth-order valence-corrected chi connectivity index (χ4v) is 2.78. The molecule has 0 aromatic heterocycles. The van der Waals surface area contributed by atoms with Crippen LogP contribution in [0, 0.1) is 0 Å². The standard InChI is InChI=1S/C22H21ClN2O2/c1-17(27-21-14-12-19(23)13-15-21)24-22(26)25(20-10-6-3-7-11-20)16-18-8-4-2-5-9-18/h2-15,17H,16H2,1H3,(H,24,26). The number of para-hydroxylation sites is 1. The molecule has 0 saturated heterocycles. The molecule has 0 aliphatic carbocycles. The van der Waals surface area contributed by atoms with Crippen molar-refractivity contribution in [1.82, 2.24) is 5.32 Å². The molecule has 1 unspecified atom stereocenters. The van der Waals surface area contributed by atoms with E-state index in [2.05, 4.69) is 5.32 Å². The van der Waals surface area contributed by atoms with Crippen LogP contribution in [0.2, 0.25) is 5.02 Å². The first-order valence-electron chi connectivity index (χ1n) is 8.71. The number of rotatable bonds is 6. The molecule has 4 nitrogen and oxygen atoms in total. The average Bonchev–Trinajstić information content (AvgIpc) is 2.69. The minimum atomic E-state index is -0.499. The zero-order chi connectivity index (χ0) is 19.1. The van der Waals surface area contributed by atoms with Crippen molar-refractivity contribution in [3.05, 3.63) is 95.5 Å². The number of urea groups is 1. The molecule has 3 aromatic carbocycles. The summed E-state index contributed by atoms with van der Waals surface area (Å²) in [5.74, 6) is 0.640. The lowest BCUT2D eigenvalue weighted by Crippen LogP contribution is -2.45. The van der Waals surface area contributed by atoms with Gasteiger partial charge in [-0.05, 0) is 48.9 Å². The maximum absolute atomic E-state index is 12.9. The third-order valence-electron chi connectivity index (χ3n) is 3.95. The highest BCUT2D eigenvalue weighted by Gasteiger charge is 2.18. The molecule has 0 bridgehead atoms.